The molecule has 0 aliphatic carbocycles. The van der Waals surface area contributed by atoms with E-state index in [1.807, 2.05) is 12.1 Å². The molecule has 6 nitrogen and oxygen atoms in total. The van der Waals surface area contributed by atoms with E-state index in [1.165, 1.54) is 24.1 Å². The van der Waals surface area contributed by atoms with Gasteiger partial charge in [-0.15, -0.1) is 0 Å². The molecule has 0 unspecified atom stereocenters. The summed E-state index contributed by atoms with van der Waals surface area (Å²) in [6, 6.07) is 11.8. The quantitative estimate of drug-likeness (QED) is 0.448. The molecule has 2 aromatic carbocycles. The number of carbonyl (C=O) groups excluding carboxylic acids is 1. The first kappa shape index (κ1) is 22.6. The zero-order valence-electron chi connectivity index (χ0n) is 17.0. The fourth-order valence-corrected chi connectivity index (χ4v) is 3.07. The maximum Gasteiger partial charge on any atom is 0.387 e. The number of halogens is 3. The first-order chi connectivity index (χ1) is 14.9. The summed E-state index contributed by atoms with van der Waals surface area (Å²) in [6.07, 6.45) is 2.13. The molecule has 9 heteroatoms. The van der Waals surface area contributed by atoms with Crippen molar-refractivity contribution in [3.05, 3.63) is 65.1 Å². The zero-order chi connectivity index (χ0) is 22.4. The Kier molecular flexibility index (Phi) is 7.46. The van der Waals surface area contributed by atoms with Gasteiger partial charge in [0.25, 0.3) is 0 Å². The monoisotopic (exact) mass is 450 g/mol. The van der Waals surface area contributed by atoms with Crippen LogP contribution >= 0.6 is 11.6 Å². The Labute approximate surface area is 183 Å². The first-order valence-corrected chi connectivity index (χ1v) is 9.80. The third kappa shape index (κ3) is 6.18. The van der Waals surface area contributed by atoms with E-state index in [0.717, 1.165) is 5.56 Å². The van der Waals surface area contributed by atoms with Crippen LogP contribution < -0.4 is 9.47 Å². The van der Waals surface area contributed by atoms with Crippen LogP contribution in [-0.2, 0) is 17.8 Å². The largest absolute Gasteiger partial charge is 0.493 e. The minimum absolute atomic E-state index is 0.0784. The standard InChI is InChI=1S/C22H21ClF2N2O4/c1-27(13-14-3-8-17(29-2)18(11-14)31-22(24)25)21(28)10-9-20-26-12-19(30-20)15-4-6-16(23)7-5-15/h3-8,11-12,22H,9-10,13H2,1-2H3. The minimum Gasteiger partial charge on any atom is -0.493 e. The van der Waals surface area contributed by atoms with Gasteiger partial charge >= 0.3 is 6.61 Å². The van der Waals surface area contributed by atoms with Crippen molar-refractivity contribution in [2.75, 3.05) is 14.2 Å². The number of rotatable bonds is 9. The maximum absolute atomic E-state index is 12.6. The lowest BCUT2D eigenvalue weighted by Gasteiger charge is -2.18. The number of aromatic nitrogens is 1. The summed E-state index contributed by atoms with van der Waals surface area (Å²) in [6.45, 7) is -2.74. The Morgan fingerprint density at radius 2 is 1.94 bits per heavy atom. The van der Waals surface area contributed by atoms with Gasteiger partial charge in [-0.05, 0) is 42.0 Å². The molecule has 1 heterocycles. The Hall–Kier alpha value is -3.13. The Morgan fingerprint density at radius 1 is 1.19 bits per heavy atom. The lowest BCUT2D eigenvalue weighted by Crippen LogP contribution is -2.26. The van der Waals surface area contributed by atoms with Crippen molar-refractivity contribution in [2.45, 2.75) is 26.0 Å². The molecule has 0 radical (unpaired) electrons. The third-order valence-electron chi connectivity index (χ3n) is 4.52. The lowest BCUT2D eigenvalue weighted by molar-refractivity contribution is -0.130. The third-order valence-corrected chi connectivity index (χ3v) is 4.78. The van der Waals surface area contributed by atoms with E-state index in [1.54, 1.807) is 31.4 Å². The summed E-state index contributed by atoms with van der Waals surface area (Å²) < 4.78 is 40.4. The number of ether oxygens (including phenoxy) is 2. The summed E-state index contributed by atoms with van der Waals surface area (Å²) in [7, 11) is 3.00. The molecule has 0 saturated heterocycles. The van der Waals surface area contributed by atoms with Gasteiger partial charge in [-0.3, -0.25) is 4.79 Å². The highest BCUT2D eigenvalue weighted by Gasteiger charge is 2.15. The molecule has 1 aromatic heterocycles. The van der Waals surface area contributed by atoms with Gasteiger partial charge in [-0.1, -0.05) is 17.7 Å². The highest BCUT2D eigenvalue weighted by Crippen LogP contribution is 2.30. The minimum atomic E-state index is -2.97. The first-order valence-electron chi connectivity index (χ1n) is 9.42. The van der Waals surface area contributed by atoms with E-state index in [2.05, 4.69) is 9.72 Å². The molecular weight excluding hydrogens is 430 g/mol. The van der Waals surface area contributed by atoms with Crippen LogP contribution in [0.5, 0.6) is 11.5 Å². The molecule has 1 amide bonds. The highest BCUT2D eigenvalue weighted by molar-refractivity contribution is 6.30. The van der Waals surface area contributed by atoms with Gasteiger partial charge in [0.1, 0.15) is 0 Å². The van der Waals surface area contributed by atoms with Crippen LogP contribution in [-0.4, -0.2) is 36.6 Å². The Bertz CT molecular complexity index is 1020. The van der Waals surface area contributed by atoms with Crippen LogP contribution in [0.25, 0.3) is 11.3 Å². The van der Waals surface area contributed by atoms with Crippen LogP contribution in [0, 0.1) is 0 Å². The fraction of sp³-hybridized carbons (Fsp3) is 0.273. The van der Waals surface area contributed by atoms with Gasteiger partial charge in [0.15, 0.2) is 23.1 Å². The van der Waals surface area contributed by atoms with Crippen molar-refractivity contribution in [1.82, 2.24) is 9.88 Å². The molecule has 0 N–H and O–H groups in total. The maximum atomic E-state index is 12.6. The number of oxazole rings is 1. The van der Waals surface area contributed by atoms with Crippen molar-refractivity contribution in [3.8, 4) is 22.8 Å². The molecule has 0 aliphatic rings. The predicted octanol–water partition coefficient (Wildman–Crippen LogP) is 5.20. The van der Waals surface area contributed by atoms with Crippen LogP contribution in [0.2, 0.25) is 5.02 Å². The number of aryl methyl sites for hydroxylation is 1. The molecule has 0 atom stereocenters. The number of hydrogen-bond donors (Lipinski definition) is 0. The van der Waals surface area contributed by atoms with E-state index in [-0.39, 0.29) is 30.4 Å². The molecule has 31 heavy (non-hydrogen) atoms. The van der Waals surface area contributed by atoms with E-state index < -0.39 is 6.61 Å². The van der Waals surface area contributed by atoms with Gasteiger partial charge in [0, 0.05) is 37.0 Å². The number of alkyl halides is 2. The van der Waals surface area contributed by atoms with Crippen LogP contribution in [0.1, 0.15) is 17.9 Å². The molecule has 0 bridgehead atoms. The van der Waals surface area contributed by atoms with Crippen molar-refractivity contribution in [3.63, 3.8) is 0 Å². The Morgan fingerprint density at radius 3 is 2.61 bits per heavy atom. The zero-order valence-corrected chi connectivity index (χ0v) is 17.7. The number of benzene rings is 2. The van der Waals surface area contributed by atoms with Crippen molar-refractivity contribution in [2.24, 2.45) is 0 Å². The summed E-state index contributed by atoms with van der Waals surface area (Å²) >= 11 is 5.89. The summed E-state index contributed by atoms with van der Waals surface area (Å²) in [5.41, 5.74) is 1.47. The van der Waals surface area contributed by atoms with E-state index in [4.69, 9.17) is 20.8 Å². The van der Waals surface area contributed by atoms with Crippen LogP contribution in [0.4, 0.5) is 8.78 Å². The highest BCUT2D eigenvalue weighted by atomic mass is 35.5. The average molecular weight is 451 g/mol. The second kappa shape index (κ2) is 10.3. The van der Waals surface area contributed by atoms with Crippen LogP contribution in [0.3, 0.4) is 0 Å². The summed E-state index contributed by atoms with van der Waals surface area (Å²) in [4.78, 5) is 18.2. The molecule has 3 rings (SSSR count). The second-order valence-electron chi connectivity index (χ2n) is 6.74. The molecular formula is C22H21ClF2N2O4. The summed E-state index contributed by atoms with van der Waals surface area (Å²) in [5.74, 6) is 1.02. The normalized spacial score (nSPS) is 10.9. The summed E-state index contributed by atoms with van der Waals surface area (Å²) in [5, 5.41) is 0.627. The Balaban J connectivity index is 1.57. The van der Waals surface area contributed by atoms with Gasteiger partial charge in [-0.2, -0.15) is 8.78 Å². The van der Waals surface area contributed by atoms with Gasteiger partial charge < -0.3 is 18.8 Å². The smallest absolute Gasteiger partial charge is 0.387 e. The second-order valence-corrected chi connectivity index (χ2v) is 7.18. The predicted molar refractivity (Wildman–Crippen MR) is 111 cm³/mol. The average Bonchev–Trinajstić information content (AvgIpc) is 3.21. The number of hydrogen-bond acceptors (Lipinski definition) is 5. The number of nitrogens with zero attached hydrogens (tertiary/aromatic N) is 2. The lowest BCUT2D eigenvalue weighted by atomic mass is 10.2. The number of carbonyl (C=O) groups is 1. The topological polar surface area (TPSA) is 64.8 Å². The van der Waals surface area contributed by atoms with Gasteiger partial charge in [0.05, 0.1) is 13.3 Å². The molecule has 3 aromatic rings. The molecule has 164 valence electrons. The number of methoxy groups -OCH3 is 1. The molecule has 0 spiro atoms. The van der Waals surface area contributed by atoms with E-state index >= 15 is 0 Å². The number of amides is 1. The van der Waals surface area contributed by atoms with E-state index in [9.17, 15) is 13.6 Å². The van der Waals surface area contributed by atoms with Crippen molar-refractivity contribution in [1.29, 1.82) is 0 Å². The van der Waals surface area contributed by atoms with Crippen molar-refractivity contribution >= 4 is 17.5 Å². The fourth-order valence-electron chi connectivity index (χ4n) is 2.95. The van der Waals surface area contributed by atoms with Gasteiger partial charge in [0.2, 0.25) is 5.91 Å². The van der Waals surface area contributed by atoms with Crippen molar-refractivity contribution < 1.29 is 27.5 Å². The van der Waals surface area contributed by atoms with Crippen LogP contribution in [0.15, 0.2) is 53.1 Å². The molecule has 0 saturated carbocycles. The molecule has 0 fully saturated rings. The molecule has 0 aliphatic heterocycles. The van der Waals surface area contributed by atoms with E-state index in [0.29, 0.717) is 28.7 Å². The van der Waals surface area contributed by atoms with Gasteiger partial charge in [-0.25, -0.2) is 4.98 Å². The SMILES string of the molecule is COc1ccc(CN(C)C(=O)CCc2ncc(-c3ccc(Cl)cc3)o2)cc1OC(F)F.